The van der Waals surface area contributed by atoms with Crippen molar-refractivity contribution in [3.8, 4) is 5.75 Å². The van der Waals surface area contributed by atoms with Gasteiger partial charge < -0.3 is 4.74 Å². The molecule has 0 saturated heterocycles. The van der Waals surface area contributed by atoms with Crippen molar-refractivity contribution >= 4 is 11.4 Å². The summed E-state index contributed by atoms with van der Waals surface area (Å²) in [5.74, 6) is 0.787. The van der Waals surface area contributed by atoms with Crippen LogP contribution in [0.2, 0.25) is 0 Å². The fraction of sp³-hybridized carbons (Fsp3) is 0.167. The van der Waals surface area contributed by atoms with Crippen LogP contribution in [0.5, 0.6) is 5.75 Å². The van der Waals surface area contributed by atoms with Crippen LogP contribution >= 0.6 is 0 Å². The number of allylic oxidation sites excluding steroid dienone is 1. The molecule has 0 unspecified atom stereocenters. The second-order valence-corrected chi connectivity index (χ2v) is 4.82. The summed E-state index contributed by atoms with van der Waals surface area (Å²) in [6.45, 7) is 7.88. The van der Waals surface area contributed by atoms with E-state index in [0.717, 1.165) is 22.4 Å². The quantitative estimate of drug-likeness (QED) is 0.745. The molecule has 0 aliphatic heterocycles. The molecule has 0 fully saturated rings. The molecule has 0 spiro atoms. The summed E-state index contributed by atoms with van der Waals surface area (Å²) in [5, 5.41) is 0. The second kappa shape index (κ2) is 6.20. The van der Waals surface area contributed by atoms with Crippen LogP contribution in [-0.2, 0) is 6.61 Å². The number of hydrogen-bond acceptors (Lipinski definition) is 2. The molecule has 102 valence electrons. The predicted molar refractivity (Wildman–Crippen MR) is 81.9 cm³/mol. The van der Waals surface area contributed by atoms with Crippen molar-refractivity contribution < 1.29 is 9.53 Å². The van der Waals surface area contributed by atoms with E-state index in [1.54, 1.807) is 13.0 Å². The van der Waals surface area contributed by atoms with E-state index in [1.807, 2.05) is 49.4 Å². The summed E-state index contributed by atoms with van der Waals surface area (Å²) < 4.78 is 5.77. The van der Waals surface area contributed by atoms with Crippen LogP contribution in [0, 0.1) is 0 Å². The van der Waals surface area contributed by atoms with Crippen LogP contribution in [0.4, 0.5) is 0 Å². The predicted octanol–water partition coefficient (Wildman–Crippen LogP) is 4.50. The zero-order chi connectivity index (χ0) is 14.5. The smallest absolute Gasteiger partial charge is 0.160 e. The molecule has 0 radical (unpaired) electrons. The largest absolute Gasteiger partial charge is 0.489 e. The zero-order valence-electron chi connectivity index (χ0n) is 11.8. The summed E-state index contributed by atoms with van der Waals surface area (Å²) in [7, 11) is 0. The van der Waals surface area contributed by atoms with Crippen molar-refractivity contribution in [2.24, 2.45) is 0 Å². The topological polar surface area (TPSA) is 26.3 Å². The van der Waals surface area contributed by atoms with E-state index in [-0.39, 0.29) is 5.78 Å². The highest BCUT2D eigenvalue weighted by molar-refractivity contribution is 5.99. The number of carbonyl (C=O) groups excluding carboxylic acids is 1. The molecule has 0 bridgehead atoms. The monoisotopic (exact) mass is 266 g/mol. The van der Waals surface area contributed by atoms with Gasteiger partial charge in [0.25, 0.3) is 0 Å². The van der Waals surface area contributed by atoms with Crippen molar-refractivity contribution in [2.45, 2.75) is 20.5 Å². The van der Waals surface area contributed by atoms with E-state index in [1.165, 1.54) is 0 Å². The van der Waals surface area contributed by atoms with Gasteiger partial charge in [0.2, 0.25) is 0 Å². The number of rotatable bonds is 5. The molecule has 0 N–H and O–H groups in total. The van der Waals surface area contributed by atoms with Crippen LogP contribution in [0.15, 0.2) is 55.1 Å². The molecule has 0 aliphatic rings. The Morgan fingerprint density at radius 3 is 2.35 bits per heavy atom. The lowest BCUT2D eigenvalue weighted by atomic mass is 9.99. The number of carbonyl (C=O) groups is 1. The lowest BCUT2D eigenvalue weighted by Gasteiger charge is -2.11. The van der Waals surface area contributed by atoms with Gasteiger partial charge in [-0.3, -0.25) is 4.79 Å². The second-order valence-electron chi connectivity index (χ2n) is 4.82. The molecule has 2 heteroatoms. The van der Waals surface area contributed by atoms with Gasteiger partial charge in [-0.25, -0.2) is 0 Å². The van der Waals surface area contributed by atoms with Gasteiger partial charge in [-0.15, -0.1) is 0 Å². The molecule has 0 aliphatic carbocycles. The van der Waals surface area contributed by atoms with Gasteiger partial charge in [0.15, 0.2) is 5.78 Å². The van der Waals surface area contributed by atoms with Crippen molar-refractivity contribution in [3.05, 3.63) is 71.8 Å². The molecule has 0 amide bonds. The highest BCUT2D eigenvalue weighted by Gasteiger charge is 2.09. The third kappa shape index (κ3) is 3.35. The van der Waals surface area contributed by atoms with E-state index < -0.39 is 0 Å². The third-order valence-electron chi connectivity index (χ3n) is 3.08. The molecule has 0 aromatic heterocycles. The Morgan fingerprint density at radius 2 is 1.75 bits per heavy atom. The molecular weight excluding hydrogens is 248 g/mol. The molecule has 0 heterocycles. The highest BCUT2D eigenvalue weighted by atomic mass is 16.5. The average molecular weight is 266 g/mol. The molecule has 20 heavy (non-hydrogen) atoms. The minimum absolute atomic E-state index is 0.0395. The van der Waals surface area contributed by atoms with Gasteiger partial charge >= 0.3 is 0 Å². The van der Waals surface area contributed by atoms with Gasteiger partial charge in [0, 0.05) is 5.56 Å². The maximum absolute atomic E-state index is 11.6. The van der Waals surface area contributed by atoms with Gasteiger partial charge in [-0.1, -0.05) is 42.5 Å². The summed E-state index contributed by atoms with van der Waals surface area (Å²) in [6.07, 6.45) is 0. The Kier molecular flexibility index (Phi) is 4.36. The van der Waals surface area contributed by atoms with E-state index in [2.05, 4.69) is 6.58 Å². The molecule has 0 saturated carbocycles. The lowest BCUT2D eigenvalue weighted by molar-refractivity contribution is 0.101. The third-order valence-corrected chi connectivity index (χ3v) is 3.08. The Labute approximate surface area is 119 Å². The Bertz CT molecular complexity index is 627. The standard InChI is InChI=1S/C18H18O2/c1-13(2)18-11-16(9-10-17(18)14(3)19)20-12-15-7-5-4-6-8-15/h4-11H,1,12H2,2-3H3. The number of benzene rings is 2. The average Bonchev–Trinajstić information content (AvgIpc) is 2.45. The van der Waals surface area contributed by atoms with Crippen LogP contribution < -0.4 is 4.74 Å². The van der Waals surface area contributed by atoms with Crippen molar-refractivity contribution in [1.82, 2.24) is 0 Å². The number of Topliss-reactive ketones (excluding diaryl/α,β-unsaturated/α-hetero) is 1. The summed E-state index contributed by atoms with van der Waals surface area (Å²) in [4.78, 5) is 11.6. The first-order valence-electron chi connectivity index (χ1n) is 6.55. The van der Waals surface area contributed by atoms with E-state index in [9.17, 15) is 4.79 Å². The molecule has 2 aromatic rings. The summed E-state index contributed by atoms with van der Waals surface area (Å²) in [5.41, 5.74) is 3.51. The Balaban J connectivity index is 2.19. The summed E-state index contributed by atoms with van der Waals surface area (Å²) >= 11 is 0. The molecular formula is C18H18O2. The number of ether oxygens (including phenoxy) is 1. The number of hydrogen-bond donors (Lipinski definition) is 0. The first kappa shape index (κ1) is 14.1. The molecule has 2 nitrogen and oxygen atoms in total. The SMILES string of the molecule is C=C(C)c1cc(OCc2ccccc2)ccc1C(C)=O. The fourth-order valence-electron chi connectivity index (χ4n) is 2.01. The van der Waals surface area contributed by atoms with Gasteiger partial charge in [0.05, 0.1) is 0 Å². The van der Waals surface area contributed by atoms with E-state index >= 15 is 0 Å². The van der Waals surface area contributed by atoms with Gasteiger partial charge in [-0.05, 0) is 43.2 Å². The van der Waals surface area contributed by atoms with Crippen molar-refractivity contribution in [3.63, 3.8) is 0 Å². The van der Waals surface area contributed by atoms with Gasteiger partial charge in [-0.2, -0.15) is 0 Å². The van der Waals surface area contributed by atoms with E-state index in [0.29, 0.717) is 12.2 Å². The fourth-order valence-corrected chi connectivity index (χ4v) is 2.01. The van der Waals surface area contributed by atoms with Crippen LogP contribution in [0.25, 0.3) is 5.57 Å². The maximum Gasteiger partial charge on any atom is 0.160 e. The van der Waals surface area contributed by atoms with E-state index in [4.69, 9.17) is 4.74 Å². The molecule has 2 rings (SSSR count). The first-order valence-corrected chi connectivity index (χ1v) is 6.55. The lowest BCUT2D eigenvalue weighted by Crippen LogP contribution is -2.00. The first-order chi connectivity index (χ1) is 9.58. The zero-order valence-corrected chi connectivity index (χ0v) is 11.8. The Morgan fingerprint density at radius 1 is 1.05 bits per heavy atom. The van der Waals surface area contributed by atoms with Crippen LogP contribution in [0.3, 0.4) is 0 Å². The van der Waals surface area contributed by atoms with Crippen LogP contribution in [0.1, 0.15) is 35.3 Å². The maximum atomic E-state index is 11.6. The normalized spacial score (nSPS) is 10.1. The minimum atomic E-state index is 0.0395. The number of ketones is 1. The van der Waals surface area contributed by atoms with Crippen molar-refractivity contribution in [1.29, 1.82) is 0 Å². The summed E-state index contributed by atoms with van der Waals surface area (Å²) in [6, 6.07) is 15.5. The highest BCUT2D eigenvalue weighted by Crippen LogP contribution is 2.24. The Hall–Kier alpha value is -2.35. The van der Waals surface area contributed by atoms with Gasteiger partial charge in [0.1, 0.15) is 12.4 Å². The van der Waals surface area contributed by atoms with Crippen LogP contribution in [-0.4, -0.2) is 5.78 Å². The minimum Gasteiger partial charge on any atom is -0.489 e. The molecule has 2 aromatic carbocycles. The van der Waals surface area contributed by atoms with Crippen molar-refractivity contribution in [2.75, 3.05) is 0 Å². The molecule has 0 atom stereocenters.